The molecule has 3 aromatic carbocycles. The summed E-state index contributed by atoms with van der Waals surface area (Å²) in [6.45, 7) is -1.27. The molecule has 1 amide bonds. The van der Waals surface area contributed by atoms with Crippen LogP contribution >= 0.6 is 0 Å². The number of nitrogens with one attached hydrogen (secondary N) is 1. The molecule has 6 aromatic rings. The number of benzene rings is 3. The van der Waals surface area contributed by atoms with Gasteiger partial charge in [0.1, 0.15) is 35.3 Å². The largest absolute Gasteiger partial charge is 0.470 e. The van der Waals surface area contributed by atoms with Crippen molar-refractivity contribution < 1.29 is 31.1 Å². The number of amides is 1. The van der Waals surface area contributed by atoms with Crippen LogP contribution < -0.4 is 14.4 Å². The fraction of sp³-hybridized carbons (Fsp3) is 0.147. The molecule has 0 saturated heterocycles. The van der Waals surface area contributed by atoms with Crippen LogP contribution in [0.5, 0.6) is 5.75 Å². The fourth-order valence-corrected chi connectivity index (χ4v) is 6.90. The highest BCUT2D eigenvalue weighted by molar-refractivity contribution is 7.92. The second kappa shape index (κ2) is 11.3. The quantitative estimate of drug-likeness (QED) is 0.216. The lowest BCUT2D eigenvalue weighted by Gasteiger charge is -2.25. The highest BCUT2D eigenvalue weighted by Gasteiger charge is 2.29. The first-order chi connectivity index (χ1) is 22.6. The van der Waals surface area contributed by atoms with Crippen LogP contribution in [0.4, 0.5) is 14.5 Å². The molecule has 47 heavy (non-hydrogen) atoms. The molecule has 7 rings (SSSR count). The van der Waals surface area contributed by atoms with Gasteiger partial charge >= 0.3 is 0 Å². The van der Waals surface area contributed by atoms with Gasteiger partial charge in [-0.05, 0) is 60.7 Å². The molecule has 0 saturated carbocycles. The molecule has 4 heterocycles. The Bertz CT molecular complexity index is 2390. The van der Waals surface area contributed by atoms with Crippen LogP contribution in [0.1, 0.15) is 15.9 Å². The van der Waals surface area contributed by atoms with Crippen molar-refractivity contribution in [2.45, 2.75) is 6.73 Å². The molecule has 13 heteroatoms. The molecule has 0 aliphatic carbocycles. The number of alkyl halides is 1. The summed E-state index contributed by atoms with van der Waals surface area (Å²) < 4.78 is 68.7. The minimum atomic E-state index is -4.01. The average molecular weight is 654 g/mol. The summed E-state index contributed by atoms with van der Waals surface area (Å²) >= 11 is 0. The lowest BCUT2D eigenvalue weighted by molar-refractivity contribution is 0.0964. The fourth-order valence-electron chi connectivity index (χ4n) is 5.99. The van der Waals surface area contributed by atoms with Crippen molar-refractivity contribution in [3.63, 3.8) is 0 Å². The molecule has 0 radical (unpaired) electrons. The molecule has 0 atom stereocenters. The smallest absolute Gasteiger partial charge is 0.255 e. The first-order valence-electron chi connectivity index (χ1n) is 14.4. The number of nitrogens with zero attached hydrogens (tertiary/aromatic N) is 4. The van der Waals surface area contributed by atoms with Crippen LogP contribution in [0.15, 0.2) is 77.2 Å². The Morgan fingerprint density at radius 3 is 2.60 bits per heavy atom. The second-order valence-corrected chi connectivity index (χ2v) is 12.8. The maximum Gasteiger partial charge on any atom is 0.255 e. The van der Waals surface area contributed by atoms with Gasteiger partial charge in [0.05, 0.1) is 52.6 Å². The number of hydrogen-bond acceptors (Lipinski definition) is 7. The number of nitriles is 1. The number of fused-ring (bicyclic) bond motifs is 6. The summed E-state index contributed by atoms with van der Waals surface area (Å²) in [5, 5.41) is 13.4. The predicted molar refractivity (Wildman–Crippen MR) is 173 cm³/mol. The van der Waals surface area contributed by atoms with Gasteiger partial charge in [-0.25, -0.2) is 22.2 Å². The van der Waals surface area contributed by atoms with Crippen molar-refractivity contribution in [3.8, 4) is 45.8 Å². The van der Waals surface area contributed by atoms with Crippen molar-refractivity contribution in [2.24, 2.45) is 0 Å². The molecule has 236 valence electrons. The number of carbonyl (C=O) groups is 1. The Balaban J connectivity index is 1.51. The molecule has 1 aliphatic rings. The van der Waals surface area contributed by atoms with E-state index in [-0.39, 0.29) is 34.9 Å². The maximum atomic E-state index is 13.9. The number of aromatic nitrogens is 2. The number of sulfonamides is 1. The monoisotopic (exact) mass is 653 g/mol. The van der Waals surface area contributed by atoms with Crippen molar-refractivity contribution in [2.75, 3.05) is 30.8 Å². The average Bonchev–Trinajstić information content (AvgIpc) is 3.64. The first kappa shape index (κ1) is 29.9. The van der Waals surface area contributed by atoms with Gasteiger partial charge in [0.25, 0.3) is 5.91 Å². The normalized spacial score (nSPS) is 12.3. The van der Waals surface area contributed by atoms with E-state index in [2.05, 4.69) is 11.4 Å². The Hall–Kier alpha value is -5.74. The summed E-state index contributed by atoms with van der Waals surface area (Å²) in [6.07, 6.45) is 0.970. The van der Waals surface area contributed by atoms with Crippen molar-refractivity contribution in [1.29, 1.82) is 5.26 Å². The van der Waals surface area contributed by atoms with Gasteiger partial charge in [-0.3, -0.25) is 9.10 Å². The zero-order chi connectivity index (χ0) is 33.0. The maximum absolute atomic E-state index is 13.9. The third-order valence-corrected chi connectivity index (χ3v) is 9.30. The van der Waals surface area contributed by atoms with Crippen LogP contribution in [0, 0.1) is 17.1 Å². The summed E-state index contributed by atoms with van der Waals surface area (Å²) in [4.78, 5) is 18.2. The van der Waals surface area contributed by atoms with E-state index in [9.17, 15) is 27.3 Å². The third kappa shape index (κ3) is 4.94. The first-order valence-corrected chi connectivity index (χ1v) is 16.3. The Morgan fingerprint density at radius 2 is 1.89 bits per heavy atom. The number of carbonyl (C=O) groups excluding carboxylic acids is 1. The topological polar surface area (TPSA) is 130 Å². The molecule has 1 aliphatic heterocycles. The highest BCUT2D eigenvalue weighted by Crippen LogP contribution is 2.44. The molecule has 0 fully saturated rings. The van der Waals surface area contributed by atoms with Crippen LogP contribution in [-0.4, -0.2) is 50.4 Å². The van der Waals surface area contributed by atoms with Crippen molar-refractivity contribution in [3.05, 3.63) is 89.7 Å². The Kier molecular flexibility index (Phi) is 7.17. The lowest BCUT2D eigenvalue weighted by atomic mass is 10.00. The van der Waals surface area contributed by atoms with E-state index < -0.39 is 35.0 Å². The molecular formula is C34H25F2N5O5S. The van der Waals surface area contributed by atoms with Crippen LogP contribution in [-0.2, 0) is 16.8 Å². The van der Waals surface area contributed by atoms with E-state index in [0.717, 1.165) is 21.5 Å². The zero-order valence-electron chi connectivity index (χ0n) is 25.0. The number of hydrogen-bond donors (Lipinski definition) is 1. The summed E-state index contributed by atoms with van der Waals surface area (Å²) in [7, 11) is -2.55. The van der Waals surface area contributed by atoms with Gasteiger partial charge in [-0.15, -0.1) is 0 Å². The number of rotatable bonds is 7. The Morgan fingerprint density at radius 1 is 1.11 bits per heavy atom. The molecule has 0 spiro atoms. The van der Waals surface area contributed by atoms with E-state index in [1.54, 1.807) is 30.3 Å². The summed E-state index contributed by atoms with van der Waals surface area (Å²) in [5.41, 5.74) is 3.79. The number of pyridine rings is 1. The zero-order valence-corrected chi connectivity index (χ0v) is 25.9. The molecular weight excluding hydrogens is 628 g/mol. The molecule has 10 nitrogen and oxygen atoms in total. The minimum absolute atomic E-state index is 0.0806. The lowest BCUT2D eigenvalue weighted by Crippen LogP contribution is -2.32. The predicted octanol–water partition coefficient (Wildman–Crippen LogP) is 6.24. The van der Waals surface area contributed by atoms with Crippen molar-refractivity contribution >= 4 is 43.5 Å². The number of furan rings is 1. The number of ether oxygens (including phenoxy) is 1. The Labute approximate surface area is 267 Å². The minimum Gasteiger partial charge on any atom is -0.470 e. The summed E-state index contributed by atoms with van der Waals surface area (Å²) in [6, 6.07) is 21.2. The van der Waals surface area contributed by atoms with E-state index in [1.165, 1.54) is 37.4 Å². The van der Waals surface area contributed by atoms with Gasteiger partial charge in [0.15, 0.2) is 6.73 Å². The number of anilines is 1. The van der Waals surface area contributed by atoms with Crippen LogP contribution in [0.2, 0.25) is 0 Å². The van der Waals surface area contributed by atoms with Crippen LogP contribution in [0.25, 0.3) is 55.8 Å². The highest BCUT2D eigenvalue weighted by atomic mass is 32.2. The number of halogens is 2. The van der Waals surface area contributed by atoms with Crippen LogP contribution in [0.3, 0.4) is 0 Å². The third-order valence-electron chi connectivity index (χ3n) is 8.12. The van der Waals surface area contributed by atoms with E-state index in [1.807, 2.05) is 16.7 Å². The molecule has 3 aromatic heterocycles. The van der Waals surface area contributed by atoms with Gasteiger partial charge < -0.3 is 19.0 Å². The molecule has 1 N–H and O–H groups in total. The molecule has 0 unspecified atom stereocenters. The van der Waals surface area contributed by atoms with Crippen molar-refractivity contribution in [1.82, 2.24) is 14.9 Å². The summed E-state index contributed by atoms with van der Waals surface area (Å²) in [5.74, 6) is -0.350. The van der Waals surface area contributed by atoms with E-state index in [4.69, 9.17) is 14.1 Å². The molecule has 0 bridgehead atoms. The van der Waals surface area contributed by atoms with Gasteiger partial charge in [0.2, 0.25) is 10.0 Å². The SMILES string of the molecule is CNC(=O)c1c(-c2ccc(F)cc2)oc2cc(N(CCF)S(C)(=O)=O)c(-c3ccc4c(n3)-c3cc5c(C#N)cccc5n3CO4)cc12. The van der Waals surface area contributed by atoms with E-state index >= 15 is 0 Å². The van der Waals surface area contributed by atoms with Gasteiger partial charge in [-0.2, -0.15) is 5.26 Å². The van der Waals surface area contributed by atoms with Gasteiger partial charge in [-0.1, -0.05) is 6.07 Å². The van der Waals surface area contributed by atoms with E-state index in [0.29, 0.717) is 39.3 Å². The van der Waals surface area contributed by atoms with Gasteiger partial charge in [0, 0.05) is 35.0 Å². The standard InChI is InChI=1S/C34H25F2N5O5S/c1-38-34(42)31-24-14-23(25-10-11-29-32(39-25)28-15-22-20(17-37)4-3-5-26(22)40(28)18-45-29)27(41(13-12-35)47(2,43)44)16-30(24)46-33(31)19-6-8-21(36)9-7-19/h3-11,14-16H,12-13,18H2,1-2H3,(H,38,42). The second-order valence-electron chi connectivity index (χ2n) is 10.9.